The van der Waals surface area contributed by atoms with Crippen LogP contribution in [0.1, 0.15) is 55.6 Å². The summed E-state index contributed by atoms with van der Waals surface area (Å²) in [4.78, 5) is 2.32. The van der Waals surface area contributed by atoms with Gasteiger partial charge < -0.3 is 4.90 Å². The van der Waals surface area contributed by atoms with Gasteiger partial charge in [-0.25, -0.2) is 0 Å². The molecule has 0 aromatic heterocycles. The standard InChI is InChI=1S/C52H45N/c1-38-19-27-44(28-20-38)51(45-29-21-39(2)22-30-45)18-10-13-42-23-31-49(32-24-42)53(48-16-6-5-7-17-48)50-33-25-43(26-34-50)37-52(46-14-8-11-40(3)35-46)47-15-9-12-41(4)36-47/h5-37H,1-4H3/b13-10+. The van der Waals surface area contributed by atoms with Crippen molar-refractivity contribution in [1.29, 1.82) is 0 Å². The fourth-order valence-electron chi connectivity index (χ4n) is 6.68. The van der Waals surface area contributed by atoms with Gasteiger partial charge in [-0.3, -0.25) is 0 Å². The van der Waals surface area contributed by atoms with Gasteiger partial charge in [0.15, 0.2) is 0 Å². The lowest BCUT2D eigenvalue weighted by atomic mass is 9.93. The summed E-state index contributed by atoms with van der Waals surface area (Å²) in [6.45, 7) is 8.56. The molecule has 7 rings (SSSR count). The summed E-state index contributed by atoms with van der Waals surface area (Å²) in [5.41, 5.74) is 17.9. The van der Waals surface area contributed by atoms with Gasteiger partial charge in [0.05, 0.1) is 0 Å². The van der Waals surface area contributed by atoms with Gasteiger partial charge in [-0.05, 0) is 115 Å². The first-order valence-corrected chi connectivity index (χ1v) is 18.3. The Kier molecular flexibility index (Phi) is 10.7. The van der Waals surface area contributed by atoms with E-state index in [9.17, 15) is 0 Å². The molecule has 258 valence electrons. The van der Waals surface area contributed by atoms with Crippen LogP contribution in [0, 0.1) is 27.7 Å². The Labute approximate surface area is 315 Å². The van der Waals surface area contributed by atoms with Crippen molar-refractivity contribution in [3.8, 4) is 0 Å². The number of aryl methyl sites for hydroxylation is 4. The molecule has 0 amide bonds. The Morgan fingerprint density at radius 2 is 0.849 bits per heavy atom. The maximum absolute atomic E-state index is 2.32. The van der Waals surface area contributed by atoms with Crippen LogP contribution in [0.5, 0.6) is 0 Å². The van der Waals surface area contributed by atoms with Gasteiger partial charge >= 0.3 is 0 Å². The number of allylic oxidation sites excluding steroid dienone is 2. The average molecular weight is 684 g/mol. The lowest BCUT2D eigenvalue weighted by molar-refractivity contribution is 1.28. The zero-order valence-corrected chi connectivity index (χ0v) is 31.0. The van der Waals surface area contributed by atoms with E-state index >= 15 is 0 Å². The van der Waals surface area contributed by atoms with Gasteiger partial charge in [0, 0.05) is 17.1 Å². The number of nitrogens with zero attached hydrogens (tertiary/aromatic N) is 1. The number of rotatable bonds is 10. The molecule has 0 aliphatic carbocycles. The molecule has 7 aromatic carbocycles. The Bertz CT molecular complexity index is 2280. The molecule has 1 heteroatoms. The molecule has 1 nitrogen and oxygen atoms in total. The van der Waals surface area contributed by atoms with E-state index in [1.807, 2.05) is 0 Å². The van der Waals surface area contributed by atoms with Crippen LogP contribution in [0.25, 0.3) is 23.3 Å². The topological polar surface area (TPSA) is 3.24 Å². The van der Waals surface area contributed by atoms with Crippen molar-refractivity contribution in [3.05, 3.63) is 244 Å². The molecular formula is C52H45N. The number of hydrogen-bond donors (Lipinski definition) is 0. The van der Waals surface area contributed by atoms with Crippen molar-refractivity contribution in [2.75, 3.05) is 4.90 Å². The summed E-state index contributed by atoms with van der Waals surface area (Å²) in [6.07, 6.45) is 8.87. The number of benzene rings is 7. The molecule has 0 atom stereocenters. The molecule has 7 aromatic rings. The predicted octanol–water partition coefficient (Wildman–Crippen LogP) is 14.1. The predicted molar refractivity (Wildman–Crippen MR) is 229 cm³/mol. The largest absolute Gasteiger partial charge is 0.311 e. The van der Waals surface area contributed by atoms with Gasteiger partial charge in [-0.2, -0.15) is 0 Å². The van der Waals surface area contributed by atoms with Crippen molar-refractivity contribution < 1.29 is 0 Å². The summed E-state index contributed by atoms with van der Waals surface area (Å²) in [7, 11) is 0. The fraction of sp³-hybridized carbons (Fsp3) is 0.0769. The van der Waals surface area contributed by atoms with Gasteiger partial charge in [-0.1, -0.05) is 180 Å². The van der Waals surface area contributed by atoms with E-state index in [4.69, 9.17) is 0 Å². The summed E-state index contributed by atoms with van der Waals surface area (Å²) in [6, 6.07) is 63.3. The van der Waals surface area contributed by atoms with E-state index in [0.717, 1.165) is 28.2 Å². The monoisotopic (exact) mass is 683 g/mol. The van der Waals surface area contributed by atoms with Crippen molar-refractivity contribution >= 4 is 40.4 Å². The van der Waals surface area contributed by atoms with Crippen LogP contribution in [0.2, 0.25) is 0 Å². The third kappa shape index (κ3) is 8.72. The second-order valence-electron chi connectivity index (χ2n) is 13.8. The Hall–Kier alpha value is -6.44. The normalized spacial score (nSPS) is 10.9. The van der Waals surface area contributed by atoms with Gasteiger partial charge in [0.1, 0.15) is 0 Å². The van der Waals surface area contributed by atoms with Gasteiger partial charge in [-0.15, -0.1) is 0 Å². The van der Waals surface area contributed by atoms with E-state index in [2.05, 4.69) is 233 Å². The van der Waals surface area contributed by atoms with Crippen molar-refractivity contribution in [2.45, 2.75) is 27.7 Å². The van der Waals surface area contributed by atoms with E-state index in [1.165, 1.54) is 55.7 Å². The second-order valence-corrected chi connectivity index (χ2v) is 13.8. The van der Waals surface area contributed by atoms with Crippen LogP contribution in [-0.4, -0.2) is 0 Å². The van der Waals surface area contributed by atoms with Crippen LogP contribution < -0.4 is 4.90 Å². The summed E-state index contributed by atoms with van der Waals surface area (Å²) < 4.78 is 0. The lowest BCUT2D eigenvalue weighted by Crippen LogP contribution is -2.09. The molecule has 0 fully saturated rings. The van der Waals surface area contributed by atoms with Crippen LogP contribution in [-0.2, 0) is 0 Å². The van der Waals surface area contributed by atoms with Crippen molar-refractivity contribution in [3.63, 3.8) is 0 Å². The number of anilines is 3. The van der Waals surface area contributed by atoms with Crippen LogP contribution >= 0.6 is 0 Å². The van der Waals surface area contributed by atoms with E-state index in [-0.39, 0.29) is 0 Å². The molecule has 0 saturated heterocycles. The quantitative estimate of drug-likeness (QED) is 0.102. The highest BCUT2D eigenvalue weighted by atomic mass is 15.1. The van der Waals surface area contributed by atoms with E-state index in [1.54, 1.807) is 0 Å². The van der Waals surface area contributed by atoms with Gasteiger partial charge in [0.25, 0.3) is 0 Å². The summed E-state index contributed by atoms with van der Waals surface area (Å²) in [5, 5.41) is 0. The first-order valence-electron chi connectivity index (χ1n) is 18.3. The smallest absolute Gasteiger partial charge is 0.0462 e. The first kappa shape index (κ1) is 35.0. The third-order valence-corrected chi connectivity index (χ3v) is 9.56. The molecule has 0 aliphatic heterocycles. The number of para-hydroxylation sites is 1. The molecule has 53 heavy (non-hydrogen) atoms. The molecule has 0 radical (unpaired) electrons. The molecule has 0 aliphatic rings. The minimum Gasteiger partial charge on any atom is -0.311 e. The third-order valence-electron chi connectivity index (χ3n) is 9.56. The molecule has 0 bridgehead atoms. The minimum atomic E-state index is 1.10. The van der Waals surface area contributed by atoms with Gasteiger partial charge in [0.2, 0.25) is 0 Å². The highest BCUT2D eigenvalue weighted by molar-refractivity contribution is 5.92. The summed E-state index contributed by atoms with van der Waals surface area (Å²) >= 11 is 0. The maximum atomic E-state index is 2.32. The number of hydrogen-bond acceptors (Lipinski definition) is 1. The van der Waals surface area contributed by atoms with Crippen molar-refractivity contribution in [1.82, 2.24) is 0 Å². The molecule has 0 saturated carbocycles. The molecule has 0 N–H and O–H groups in total. The Morgan fingerprint density at radius 3 is 1.34 bits per heavy atom. The second kappa shape index (κ2) is 16.3. The first-order chi connectivity index (χ1) is 25.9. The molecule has 0 unspecified atom stereocenters. The van der Waals surface area contributed by atoms with E-state index in [0.29, 0.717) is 0 Å². The van der Waals surface area contributed by atoms with Crippen molar-refractivity contribution in [2.24, 2.45) is 0 Å². The van der Waals surface area contributed by atoms with Crippen LogP contribution in [0.4, 0.5) is 17.1 Å². The maximum Gasteiger partial charge on any atom is 0.0462 e. The van der Waals surface area contributed by atoms with E-state index < -0.39 is 0 Å². The fourth-order valence-corrected chi connectivity index (χ4v) is 6.68. The molecule has 0 spiro atoms. The Morgan fingerprint density at radius 1 is 0.377 bits per heavy atom. The molecular weight excluding hydrogens is 639 g/mol. The van der Waals surface area contributed by atoms with Crippen LogP contribution in [0.3, 0.4) is 0 Å². The Balaban J connectivity index is 1.18. The summed E-state index contributed by atoms with van der Waals surface area (Å²) in [5.74, 6) is 0. The zero-order valence-electron chi connectivity index (χ0n) is 31.0. The average Bonchev–Trinajstić information content (AvgIpc) is 3.18. The zero-order chi connectivity index (χ0) is 36.6. The highest BCUT2D eigenvalue weighted by Crippen LogP contribution is 2.36. The van der Waals surface area contributed by atoms with Crippen LogP contribution in [0.15, 0.2) is 188 Å². The lowest BCUT2D eigenvalue weighted by Gasteiger charge is -2.25. The molecule has 0 heterocycles. The highest BCUT2D eigenvalue weighted by Gasteiger charge is 2.13. The SMILES string of the molecule is Cc1ccc(C(=C/C=C/c2ccc(N(c3ccccc3)c3ccc(C=C(c4cccc(C)c4)c4cccc(C)c4)cc3)cc2)c2ccc(C)cc2)cc1. The minimum absolute atomic E-state index is 1.10.